The van der Waals surface area contributed by atoms with Crippen molar-refractivity contribution in [3.05, 3.63) is 24.9 Å². The SMILES string of the molecule is Cl.Nc1cncn2ccnc12. The Balaban J connectivity index is 0.000000605. The molecular formula is C6H7ClN4. The Morgan fingerprint density at radius 3 is 3.00 bits per heavy atom. The molecule has 0 aliphatic carbocycles. The molecule has 2 heterocycles. The number of imidazole rings is 1. The fourth-order valence-corrected chi connectivity index (χ4v) is 0.873. The van der Waals surface area contributed by atoms with Crippen molar-refractivity contribution in [2.24, 2.45) is 0 Å². The van der Waals surface area contributed by atoms with Gasteiger partial charge in [0.2, 0.25) is 0 Å². The highest BCUT2D eigenvalue weighted by Crippen LogP contribution is 2.06. The first-order valence-electron chi connectivity index (χ1n) is 2.90. The van der Waals surface area contributed by atoms with Gasteiger partial charge in [0.05, 0.1) is 11.9 Å². The van der Waals surface area contributed by atoms with Gasteiger partial charge >= 0.3 is 0 Å². The zero-order valence-electron chi connectivity index (χ0n) is 5.64. The van der Waals surface area contributed by atoms with Gasteiger partial charge in [-0.15, -0.1) is 12.4 Å². The van der Waals surface area contributed by atoms with Gasteiger partial charge in [0.15, 0.2) is 5.65 Å². The zero-order chi connectivity index (χ0) is 6.97. The summed E-state index contributed by atoms with van der Waals surface area (Å²) >= 11 is 0. The molecule has 0 amide bonds. The first kappa shape index (κ1) is 7.81. The van der Waals surface area contributed by atoms with Crippen molar-refractivity contribution in [1.29, 1.82) is 0 Å². The largest absolute Gasteiger partial charge is 0.394 e. The summed E-state index contributed by atoms with van der Waals surface area (Å²) in [6, 6.07) is 0. The van der Waals surface area contributed by atoms with Crippen molar-refractivity contribution in [2.45, 2.75) is 0 Å². The molecule has 0 aromatic carbocycles. The Morgan fingerprint density at radius 1 is 1.45 bits per heavy atom. The third kappa shape index (κ3) is 1.12. The lowest BCUT2D eigenvalue weighted by atomic mass is 10.5. The van der Waals surface area contributed by atoms with Crippen molar-refractivity contribution < 1.29 is 0 Å². The number of nitrogen functional groups attached to an aromatic ring is 1. The van der Waals surface area contributed by atoms with E-state index in [0.717, 1.165) is 5.65 Å². The average Bonchev–Trinajstić information content (AvgIpc) is 2.36. The van der Waals surface area contributed by atoms with E-state index < -0.39 is 0 Å². The predicted molar refractivity (Wildman–Crippen MR) is 44.6 cm³/mol. The Morgan fingerprint density at radius 2 is 2.27 bits per heavy atom. The van der Waals surface area contributed by atoms with Gasteiger partial charge in [0.25, 0.3) is 0 Å². The average molecular weight is 171 g/mol. The van der Waals surface area contributed by atoms with Crippen molar-refractivity contribution in [3.63, 3.8) is 0 Å². The van der Waals surface area contributed by atoms with Gasteiger partial charge < -0.3 is 5.73 Å². The quantitative estimate of drug-likeness (QED) is 0.634. The minimum atomic E-state index is 0. The van der Waals surface area contributed by atoms with E-state index in [4.69, 9.17) is 5.73 Å². The minimum Gasteiger partial charge on any atom is -0.394 e. The normalized spacial score (nSPS) is 9.45. The summed E-state index contributed by atoms with van der Waals surface area (Å²) in [7, 11) is 0. The van der Waals surface area contributed by atoms with Gasteiger partial charge in [-0.25, -0.2) is 9.97 Å². The third-order valence-electron chi connectivity index (χ3n) is 1.33. The van der Waals surface area contributed by atoms with E-state index >= 15 is 0 Å². The molecule has 58 valence electrons. The summed E-state index contributed by atoms with van der Waals surface area (Å²) in [6.07, 6.45) is 6.74. The maximum atomic E-state index is 5.55. The molecule has 0 bridgehead atoms. The monoisotopic (exact) mass is 170 g/mol. The molecule has 0 spiro atoms. The van der Waals surface area contributed by atoms with Crippen LogP contribution in [0.1, 0.15) is 0 Å². The van der Waals surface area contributed by atoms with Crippen molar-refractivity contribution in [2.75, 3.05) is 5.73 Å². The first-order chi connectivity index (χ1) is 4.88. The van der Waals surface area contributed by atoms with Gasteiger partial charge in [-0.05, 0) is 0 Å². The van der Waals surface area contributed by atoms with Crippen molar-refractivity contribution in [3.8, 4) is 0 Å². The Bertz CT molecular complexity index is 356. The standard InChI is InChI=1S/C6H6N4.ClH/c7-5-3-8-4-10-2-1-9-6(5)10;/h1-4H,7H2;1H. The number of aromatic nitrogens is 3. The molecule has 0 aliphatic rings. The Labute approximate surface area is 69.5 Å². The molecule has 11 heavy (non-hydrogen) atoms. The number of fused-ring (bicyclic) bond motifs is 1. The second kappa shape index (κ2) is 2.75. The molecule has 5 heteroatoms. The van der Waals surface area contributed by atoms with E-state index in [2.05, 4.69) is 9.97 Å². The highest BCUT2D eigenvalue weighted by molar-refractivity contribution is 5.85. The molecule has 0 aliphatic heterocycles. The van der Waals surface area contributed by atoms with E-state index in [9.17, 15) is 0 Å². The van der Waals surface area contributed by atoms with Crippen molar-refractivity contribution in [1.82, 2.24) is 14.4 Å². The number of hydrogen-bond acceptors (Lipinski definition) is 3. The first-order valence-corrected chi connectivity index (χ1v) is 2.90. The van der Waals surface area contributed by atoms with Crippen LogP contribution < -0.4 is 5.73 Å². The number of hydrogen-bond donors (Lipinski definition) is 1. The number of halogens is 1. The lowest BCUT2D eigenvalue weighted by Gasteiger charge is -1.93. The molecule has 2 rings (SSSR count). The summed E-state index contributed by atoms with van der Waals surface area (Å²) in [5.74, 6) is 0. The van der Waals surface area contributed by atoms with Gasteiger partial charge in [-0.2, -0.15) is 0 Å². The molecule has 0 fully saturated rings. The van der Waals surface area contributed by atoms with Crippen LogP contribution in [0.3, 0.4) is 0 Å². The van der Waals surface area contributed by atoms with Gasteiger partial charge in [-0.3, -0.25) is 4.40 Å². The molecule has 2 N–H and O–H groups in total. The molecule has 0 saturated carbocycles. The number of nitrogens with zero attached hydrogens (tertiary/aromatic N) is 3. The van der Waals surface area contributed by atoms with Crippen molar-refractivity contribution >= 4 is 23.7 Å². The Kier molecular flexibility index (Phi) is 1.96. The van der Waals surface area contributed by atoms with Crippen LogP contribution in [0.4, 0.5) is 5.69 Å². The highest BCUT2D eigenvalue weighted by atomic mass is 35.5. The van der Waals surface area contributed by atoms with Gasteiger partial charge in [-0.1, -0.05) is 0 Å². The Hall–Kier alpha value is -1.29. The summed E-state index contributed by atoms with van der Waals surface area (Å²) < 4.78 is 1.77. The van der Waals surface area contributed by atoms with Gasteiger partial charge in [0.1, 0.15) is 6.33 Å². The molecule has 0 atom stereocenters. The summed E-state index contributed by atoms with van der Waals surface area (Å²) in [5.41, 5.74) is 6.92. The second-order valence-electron chi connectivity index (χ2n) is 2.01. The maximum absolute atomic E-state index is 5.55. The van der Waals surface area contributed by atoms with Crippen LogP contribution in [-0.4, -0.2) is 14.4 Å². The molecule has 2 aromatic heterocycles. The molecule has 2 aromatic rings. The smallest absolute Gasteiger partial charge is 0.162 e. The third-order valence-corrected chi connectivity index (χ3v) is 1.33. The molecule has 0 radical (unpaired) electrons. The van der Waals surface area contributed by atoms with Crippen LogP contribution in [0.5, 0.6) is 0 Å². The topological polar surface area (TPSA) is 56.2 Å². The van der Waals surface area contributed by atoms with E-state index in [1.165, 1.54) is 0 Å². The van der Waals surface area contributed by atoms with Crippen LogP contribution >= 0.6 is 12.4 Å². The number of rotatable bonds is 0. The summed E-state index contributed by atoms with van der Waals surface area (Å²) in [4.78, 5) is 7.90. The zero-order valence-corrected chi connectivity index (χ0v) is 6.45. The maximum Gasteiger partial charge on any atom is 0.162 e. The number of anilines is 1. The second-order valence-corrected chi connectivity index (χ2v) is 2.01. The van der Waals surface area contributed by atoms with E-state index in [-0.39, 0.29) is 12.4 Å². The van der Waals surface area contributed by atoms with E-state index in [0.29, 0.717) is 5.69 Å². The fraction of sp³-hybridized carbons (Fsp3) is 0. The van der Waals surface area contributed by atoms with Crippen LogP contribution in [0.25, 0.3) is 5.65 Å². The lowest BCUT2D eigenvalue weighted by Crippen LogP contribution is -1.92. The van der Waals surface area contributed by atoms with E-state index in [1.54, 1.807) is 29.3 Å². The molecule has 0 saturated heterocycles. The van der Waals surface area contributed by atoms with Gasteiger partial charge in [0, 0.05) is 12.4 Å². The predicted octanol–water partition coefficient (Wildman–Crippen LogP) is 0.733. The summed E-state index contributed by atoms with van der Waals surface area (Å²) in [6.45, 7) is 0. The summed E-state index contributed by atoms with van der Waals surface area (Å²) in [5, 5.41) is 0. The molecule has 4 nitrogen and oxygen atoms in total. The highest BCUT2D eigenvalue weighted by Gasteiger charge is 1.95. The molecule has 0 unspecified atom stereocenters. The lowest BCUT2D eigenvalue weighted by molar-refractivity contribution is 1.09. The van der Waals surface area contributed by atoms with Crippen LogP contribution in [-0.2, 0) is 0 Å². The minimum absolute atomic E-state index is 0. The van der Waals surface area contributed by atoms with Crippen LogP contribution in [0, 0.1) is 0 Å². The van der Waals surface area contributed by atoms with Crippen LogP contribution in [0.15, 0.2) is 24.9 Å². The van der Waals surface area contributed by atoms with Crippen LogP contribution in [0.2, 0.25) is 0 Å². The number of nitrogens with two attached hydrogens (primary N) is 1. The van der Waals surface area contributed by atoms with E-state index in [1.807, 2.05) is 0 Å². The molecular weight excluding hydrogens is 164 g/mol. The fourth-order valence-electron chi connectivity index (χ4n) is 0.873.